The molecule has 0 aromatic rings. The van der Waals surface area contributed by atoms with Crippen LogP contribution in [0.3, 0.4) is 0 Å². The van der Waals surface area contributed by atoms with Crippen molar-refractivity contribution in [2.75, 3.05) is 0 Å². The van der Waals surface area contributed by atoms with E-state index in [4.69, 9.17) is 9.32 Å². The predicted octanol–water partition coefficient (Wildman–Crippen LogP) is -4.00. The molecule has 0 saturated heterocycles. The molecule has 38 valence electrons. The third-order valence-corrected chi connectivity index (χ3v) is 0. The van der Waals surface area contributed by atoms with E-state index >= 15 is 0 Å². The van der Waals surface area contributed by atoms with Gasteiger partial charge in [-0.3, -0.25) is 0 Å². The Kier molecular flexibility index (Phi) is 225. The summed E-state index contributed by atoms with van der Waals surface area (Å²) in [6.45, 7) is 0. The van der Waals surface area contributed by atoms with Crippen LogP contribution >= 0.6 is 23.7 Å². The molecule has 0 rings (SSSR count). The summed E-state index contributed by atoms with van der Waals surface area (Å²) >= 11 is 6.78. The molecule has 0 atom stereocenters. The normalized spacial score (nSPS) is 2.00. The molecule has 0 aromatic heterocycles. The average molecular weight is 234 g/mol. The Hall–Kier alpha value is 2.24. The van der Waals surface area contributed by atoms with Gasteiger partial charge in [-0.15, -0.1) is 0 Å². The Bertz CT molecular complexity index is 11.5. The van der Waals surface area contributed by atoms with Crippen molar-refractivity contribution in [2.24, 2.45) is 0 Å². The van der Waals surface area contributed by atoms with Crippen LogP contribution in [-0.2, 0) is 22.4 Å². The van der Waals surface area contributed by atoms with E-state index in [1.54, 1.807) is 0 Å². The van der Waals surface area contributed by atoms with Gasteiger partial charge in [-0.1, -0.05) is 0 Å². The minimum absolute atomic E-state index is 0. The fourth-order valence-electron chi connectivity index (χ4n) is 0. The van der Waals surface area contributed by atoms with Crippen LogP contribution in [0.4, 0.5) is 0 Å². The molecule has 0 aromatic carbocycles. The summed E-state index contributed by atoms with van der Waals surface area (Å²) in [5.41, 5.74) is 0. The molecule has 0 aliphatic heterocycles. The van der Waals surface area contributed by atoms with Crippen LogP contribution in [0.15, 0.2) is 0 Å². The first kappa shape index (κ1) is 24.0. The molecule has 0 saturated carbocycles. The van der Waals surface area contributed by atoms with Gasteiger partial charge in [0.2, 0.25) is 0 Å². The van der Waals surface area contributed by atoms with Crippen molar-refractivity contribution in [2.45, 2.75) is 0 Å². The second kappa shape index (κ2) is 56.2. The zero-order valence-corrected chi connectivity index (χ0v) is 7.87. The molecular weight excluding hydrogens is 234 g/mol. The van der Waals surface area contributed by atoms with Gasteiger partial charge < -0.3 is 9.32 Å². The monoisotopic (exact) mass is 232 g/mol. The molecule has 6 heavy (non-hydrogen) atoms. The van der Waals surface area contributed by atoms with Crippen molar-refractivity contribution >= 4 is 23.7 Å². The van der Waals surface area contributed by atoms with E-state index in [2.05, 4.69) is 23.7 Å². The summed E-state index contributed by atoms with van der Waals surface area (Å²) in [5.74, 6) is 0. The molecule has 0 spiro atoms. The third-order valence-electron chi connectivity index (χ3n) is 0. The third kappa shape index (κ3) is 34.1. The minimum Gasteiger partial charge on any atom is -0.769 e. The van der Waals surface area contributed by atoms with Crippen LogP contribution in [-0.4, -0.2) is 0 Å². The summed E-state index contributed by atoms with van der Waals surface area (Å²) in [6, 6.07) is 0. The van der Waals surface area contributed by atoms with Crippen molar-refractivity contribution in [3.63, 3.8) is 0 Å². The Morgan fingerprint density at radius 2 is 0.833 bits per heavy atom. The van der Waals surface area contributed by atoms with Gasteiger partial charge in [0.1, 0.15) is 0 Å². The van der Waals surface area contributed by atoms with Crippen LogP contribution in [0.2, 0.25) is 0 Å². The van der Waals surface area contributed by atoms with Crippen molar-refractivity contribution in [3.8, 4) is 0 Å². The van der Waals surface area contributed by atoms with Crippen LogP contribution in [0.1, 0.15) is 0 Å². The van der Waals surface area contributed by atoms with Crippen LogP contribution in [0, 0.1) is 0 Å². The maximum absolute atomic E-state index is 7.72. The second-order valence-corrected chi connectivity index (χ2v) is 0. The van der Waals surface area contributed by atoms with Crippen molar-refractivity contribution < 1.29 is 61.3 Å². The topological polar surface area (TPSA) is 46.1 Å². The SMILES string of the molecule is [Ag+].[Na+].[O-]Cl.[O-]Cl. The van der Waals surface area contributed by atoms with E-state index in [9.17, 15) is 0 Å². The smallest absolute Gasteiger partial charge is 0.769 e. The molecule has 0 fully saturated rings. The van der Waals surface area contributed by atoms with Gasteiger partial charge in [0.15, 0.2) is 0 Å². The molecule has 0 aliphatic rings. The standard InChI is InChI=1S/Ag.2ClO.Na/c;2*1-2;/q+1;2*-1;+1. The Labute approximate surface area is 84.0 Å². The number of hydrogen-bond donors (Lipinski definition) is 0. The zero-order valence-electron chi connectivity index (χ0n) is 2.87. The Balaban J connectivity index is -0.00000000500. The van der Waals surface area contributed by atoms with Gasteiger partial charge in [-0.2, -0.15) is 0 Å². The maximum atomic E-state index is 7.72. The average Bonchev–Trinajstić information content (AvgIpc) is 1.50. The van der Waals surface area contributed by atoms with Crippen LogP contribution in [0.25, 0.3) is 0 Å². The van der Waals surface area contributed by atoms with Gasteiger partial charge in [-0.05, 0) is 0 Å². The van der Waals surface area contributed by atoms with Gasteiger partial charge in [0.05, 0.1) is 0 Å². The quantitative estimate of drug-likeness (QED) is 0.401. The van der Waals surface area contributed by atoms with Crippen molar-refractivity contribution in [3.05, 3.63) is 0 Å². The van der Waals surface area contributed by atoms with E-state index in [1.807, 2.05) is 0 Å². The molecular formula is AgCl2NaO2. The van der Waals surface area contributed by atoms with Gasteiger partial charge in [-0.25, -0.2) is 23.7 Å². The summed E-state index contributed by atoms with van der Waals surface area (Å²) in [7, 11) is 0. The van der Waals surface area contributed by atoms with E-state index in [0.717, 1.165) is 0 Å². The second-order valence-electron chi connectivity index (χ2n) is 0. The van der Waals surface area contributed by atoms with E-state index in [0.29, 0.717) is 0 Å². The molecule has 0 bridgehead atoms. The fraction of sp³-hybridized carbons (Fsp3) is 0. The molecule has 0 heterocycles. The number of hydrogen-bond acceptors (Lipinski definition) is 2. The summed E-state index contributed by atoms with van der Waals surface area (Å²) in [4.78, 5) is 0. The van der Waals surface area contributed by atoms with Crippen molar-refractivity contribution in [1.29, 1.82) is 0 Å². The Morgan fingerprint density at radius 1 is 0.833 bits per heavy atom. The largest absolute Gasteiger partial charge is 1.00 e. The van der Waals surface area contributed by atoms with Crippen LogP contribution < -0.4 is 38.9 Å². The van der Waals surface area contributed by atoms with Crippen LogP contribution in [0.5, 0.6) is 0 Å². The van der Waals surface area contributed by atoms with E-state index < -0.39 is 0 Å². The molecule has 0 amide bonds. The van der Waals surface area contributed by atoms with Crippen molar-refractivity contribution in [1.82, 2.24) is 0 Å². The molecule has 0 N–H and O–H groups in total. The summed E-state index contributed by atoms with van der Waals surface area (Å²) < 4.78 is 15.4. The molecule has 2 nitrogen and oxygen atoms in total. The molecule has 6 heteroatoms. The number of rotatable bonds is 0. The van der Waals surface area contributed by atoms with Gasteiger partial charge in [0.25, 0.3) is 0 Å². The molecule has 0 unspecified atom stereocenters. The molecule has 0 radical (unpaired) electrons. The van der Waals surface area contributed by atoms with E-state index in [1.165, 1.54) is 0 Å². The number of halogens is 2. The minimum atomic E-state index is 0. The van der Waals surface area contributed by atoms with Gasteiger partial charge in [0, 0.05) is 0 Å². The summed E-state index contributed by atoms with van der Waals surface area (Å²) in [6.07, 6.45) is 0. The first-order chi connectivity index (χ1) is 2.00. The predicted molar refractivity (Wildman–Crippen MR) is 11.7 cm³/mol. The van der Waals surface area contributed by atoms with Gasteiger partial charge >= 0.3 is 51.9 Å². The summed E-state index contributed by atoms with van der Waals surface area (Å²) in [5, 5.41) is 0. The first-order valence-electron chi connectivity index (χ1n) is 0.309. The van der Waals surface area contributed by atoms with E-state index in [-0.39, 0.29) is 51.9 Å². The molecule has 0 aliphatic carbocycles. The fourth-order valence-corrected chi connectivity index (χ4v) is 0. The Morgan fingerprint density at radius 3 is 0.833 bits per heavy atom. The maximum Gasteiger partial charge on any atom is 1.00 e. The zero-order chi connectivity index (χ0) is 4.00. The first-order valence-corrected chi connectivity index (χ1v) is 0.926.